The maximum Gasteiger partial charge on any atom is 0.471 e. The third-order valence-corrected chi connectivity index (χ3v) is 2.58. The second-order valence-corrected chi connectivity index (χ2v) is 4.31. The van der Waals surface area contributed by atoms with E-state index in [1.54, 1.807) is 24.5 Å². The van der Waals surface area contributed by atoms with Crippen LogP contribution in [0.25, 0.3) is 5.69 Å². The molecule has 2 aromatic rings. The Morgan fingerprint density at radius 3 is 2.70 bits per heavy atom. The topological polar surface area (TPSA) is 59.8 Å². The first kappa shape index (κ1) is 14.3. The van der Waals surface area contributed by atoms with Gasteiger partial charge in [-0.05, 0) is 18.6 Å². The zero-order valence-electron chi connectivity index (χ0n) is 10.1. The lowest BCUT2D eigenvalue weighted by Crippen LogP contribution is -2.29. The Labute approximate surface area is 116 Å². The molecule has 0 aliphatic carbocycles. The van der Waals surface area contributed by atoms with Crippen LogP contribution in [0, 0.1) is 6.92 Å². The van der Waals surface area contributed by atoms with E-state index in [-0.39, 0.29) is 10.8 Å². The number of aryl methyl sites for hydroxylation is 1. The number of nitrogens with one attached hydrogen (secondary N) is 1. The number of halogens is 4. The van der Waals surface area contributed by atoms with Crippen molar-refractivity contribution in [1.82, 2.24) is 14.8 Å². The first-order valence-corrected chi connectivity index (χ1v) is 5.70. The van der Waals surface area contributed by atoms with E-state index in [4.69, 9.17) is 11.6 Å². The Hall–Kier alpha value is -2.09. The normalized spacial score (nSPS) is 11.4. The lowest BCUT2D eigenvalue weighted by molar-refractivity contribution is -0.167. The molecule has 0 fully saturated rings. The standard InChI is InChI=1S/C11H8ClF3N4O/c1-6-2-7(4-16-3-6)19-5-8(9(12)18-19)17-10(20)11(13,14)15/h2-5H,1H3,(H,17,20). The second-order valence-electron chi connectivity index (χ2n) is 3.95. The van der Waals surface area contributed by atoms with Gasteiger partial charge >= 0.3 is 12.1 Å². The number of amides is 1. The molecule has 2 heterocycles. The molecule has 0 unspecified atom stereocenters. The van der Waals surface area contributed by atoms with Crippen LogP contribution in [0.5, 0.6) is 0 Å². The number of aromatic nitrogens is 3. The molecule has 0 spiro atoms. The fourth-order valence-corrected chi connectivity index (χ4v) is 1.60. The van der Waals surface area contributed by atoms with E-state index >= 15 is 0 Å². The summed E-state index contributed by atoms with van der Waals surface area (Å²) in [7, 11) is 0. The van der Waals surface area contributed by atoms with Crippen LogP contribution in [0.3, 0.4) is 0 Å². The maximum absolute atomic E-state index is 12.2. The molecule has 20 heavy (non-hydrogen) atoms. The van der Waals surface area contributed by atoms with Crippen molar-refractivity contribution in [2.24, 2.45) is 0 Å². The zero-order valence-corrected chi connectivity index (χ0v) is 10.8. The van der Waals surface area contributed by atoms with Crippen LogP contribution in [0.2, 0.25) is 5.15 Å². The number of alkyl halides is 3. The van der Waals surface area contributed by atoms with Crippen molar-refractivity contribution in [2.75, 3.05) is 5.32 Å². The fraction of sp³-hybridized carbons (Fsp3) is 0.182. The van der Waals surface area contributed by atoms with Crippen molar-refractivity contribution in [2.45, 2.75) is 13.1 Å². The summed E-state index contributed by atoms with van der Waals surface area (Å²) in [6.45, 7) is 1.80. The summed E-state index contributed by atoms with van der Waals surface area (Å²) in [6, 6.07) is 1.71. The molecule has 0 saturated carbocycles. The van der Waals surface area contributed by atoms with Crippen LogP contribution in [-0.4, -0.2) is 26.8 Å². The molecule has 0 aliphatic heterocycles. The molecule has 5 nitrogen and oxygen atoms in total. The van der Waals surface area contributed by atoms with E-state index in [9.17, 15) is 18.0 Å². The van der Waals surface area contributed by atoms with Crippen LogP contribution >= 0.6 is 11.6 Å². The van der Waals surface area contributed by atoms with Gasteiger partial charge in [-0.15, -0.1) is 0 Å². The Balaban J connectivity index is 2.29. The predicted molar refractivity (Wildman–Crippen MR) is 65.8 cm³/mol. The molecular weight excluding hydrogens is 297 g/mol. The third kappa shape index (κ3) is 3.08. The molecule has 2 rings (SSSR count). The number of hydrogen-bond acceptors (Lipinski definition) is 3. The first-order valence-electron chi connectivity index (χ1n) is 5.33. The van der Waals surface area contributed by atoms with E-state index in [0.717, 1.165) is 5.56 Å². The average molecular weight is 305 g/mol. The molecule has 0 radical (unpaired) electrons. The minimum atomic E-state index is -4.99. The van der Waals surface area contributed by atoms with Crippen molar-refractivity contribution < 1.29 is 18.0 Å². The van der Waals surface area contributed by atoms with E-state index in [0.29, 0.717) is 5.69 Å². The van der Waals surface area contributed by atoms with Gasteiger partial charge in [-0.1, -0.05) is 11.6 Å². The van der Waals surface area contributed by atoms with E-state index in [1.807, 2.05) is 0 Å². The molecule has 1 amide bonds. The SMILES string of the molecule is Cc1cncc(-n2cc(NC(=O)C(F)(F)F)c(Cl)n2)c1. The molecule has 2 aromatic heterocycles. The van der Waals surface area contributed by atoms with Crippen molar-refractivity contribution in [3.05, 3.63) is 35.4 Å². The van der Waals surface area contributed by atoms with Crippen LogP contribution in [0.4, 0.5) is 18.9 Å². The van der Waals surface area contributed by atoms with Gasteiger partial charge in [0, 0.05) is 6.20 Å². The lowest BCUT2D eigenvalue weighted by atomic mass is 10.3. The minimum Gasteiger partial charge on any atom is -0.314 e. The van der Waals surface area contributed by atoms with Crippen molar-refractivity contribution in [1.29, 1.82) is 0 Å². The van der Waals surface area contributed by atoms with Crippen LogP contribution in [0.1, 0.15) is 5.56 Å². The number of carbonyl (C=O) groups excluding carboxylic acids is 1. The average Bonchev–Trinajstić information content (AvgIpc) is 2.70. The summed E-state index contributed by atoms with van der Waals surface area (Å²) in [5.41, 5.74) is 1.13. The van der Waals surface area contributed by atoms with Gasteiger partial charge in [0.1, 0.15) is 0 Å². The molecule has 0 aliphatic rings. The summed E-state index contributed by atoms with van der Waals surface area (Å²) in [5.74, 6) is -2.11. The van der Waals surface area contributed by atoms with Crippen molar-refractivity contribution in [3.8, 4) is 5.69 Å². The van der Waals surface area contributed by atoms with E-state index in [1.165, 1.54) is 17.1 Å². The molecule has 0 aromatic carbocycles. The minimum absolute atomic E-state index is 0.226. The fourth-order valence-electron chi connectivity index (χ4n) is 1.43. The lowest BCUT2D eigenvalue weighted by Gasteiger charge is -2.05. The summed E-state index contributed by atoms with van der Waals surface area (Å²) in [5, 5.41) is 5.23. The van der Waals surface area contributed by atoms with Gasteiger partial charge in [-0.3, -0.25) is 9.78 Å². The first-order chi connectivity index (χ1) is 9.27. The number of anilines is 1. The van der Waals surface area contributed by atoms with Crippen molar-refractivity contribution >= 4 is 23.2 Å². The third-order valence-electron chi connectivity index (χ3n) is 2.30. The van der Waals surface area contributed by atoms with E-state index in [2.05, 4.69) is 10.1 Å². The molecule has 0 saturated heterocycles. The second kappa shape index (κ2) is 5.12. The van der Waals surface area contributed by atoms with Gasteiger partial charge in [0.15, 0.2) is 5.15 Å². The van der Waals surface area contributed by atoms with E-state index < -0.39 is 12.1 Å². The summed E-state index contributed by atoms with van der Waals surface area (Å²) < 4.78 is 37.7. The molecule has 1 N–H and O–H groups in total. The highest BCUT2D eigenvalue weighted by Crippen LogP contribution is 2.24. The molecular formula is C11H8ClF3N4O. The Kier molecular flexibility index (Phi) is 3.67. The number of carbonyl (C=O) groups is 1. The number of pyridine rings is 1. The quantitative estimate of drug-likeness (QED) is 0.928. The van der Waals surface area contributed by atoms with Gasteiger partial charge in [-0.25, -0.2) is 4.68 Å². The number of rotatable bonds is 2. The molecule has 9 heteroatoms. The largest absolute Gasteiger partial charge is 0.471 e. The van der Waals surface area contributed by atoms with Crippen LogP contribution in [0.15, 0.2) is 24.7 Å². The molecule has 0 atom stereocenters. The number of hydrogen-bond donors (Lipinski definition) is 1. The monoisotopic (exact) mass is 304 g/mol. The zero-order chi connectivity index (χ0) is 14.9. The number of nitrogens with zero attached hydrogens (tertiary/aromatic N) is 3. The molecule has 0 bridgehead atoms. The highest BCUT2D eigenvalue weighted by molar-refractivity contribution is 6.32. The molecule has 106 valence electrons. The Bertz CT molecular complexity index is 653. The maximum atomic E-state index is 12.2. The van der Waals surface area contributed by atoms with Gasteiger partial charge in [-0.2, -0.15) is 18.3 Å². The van der Waals surface area contributed by atoms with Crippen molar-refractivity contribution in [3.63, 3.8) is 0 Å². The van der Waals surface area contributed by atoms with Gasteiger partial charge in [0.05, 0.1) is 23.8 Å². The summed E-state index contributed by atoms with van der Waals surface area (Å²) in [6.07, 6.45) is -0.731. The van der Waals surface area contributed by atoms with Gasteiger partial charge in [0.25, 0.3) is 0 Å². The highest BCUT2D eigenvalue weighted by atomic mass is 35.5. The summed E-state index contributed by atoms with van der Waals surface area (Å²) in [4.78, 5) is 14.8. The van der Waals surface area contributed by atoms with Gasteiger partial charge < -0.3 is 5.32 Å². The Morgan fingerprint density at radius 1 is 1.40 bits per heavy atom. The smallest absolute Gasteiger partial charge is 0.314 e. The predicted octanol–water partition coefficient (Wildman–Crippen LogP) is 2.73. The summed E-state index contributed by atoms with van der Waals surface area (Å²) >= 11 is 5.69. The highest BCUT2D eigenvalue weighted by Gasteiger charge is 2.39. The van der Waals surface area contributed by atoms with Crippen LogP contribution < -0.4 is 5.32 Å². The Morgan fingerprint density at radius 2 is 2.10 bits per heavy atom. The van der Waals surface area contributed by atoms with Gasteiger partial charge in [0.2, 0.25) is 0 Å². The van der Waals surface area contributed by atoms with Crippen LogP contribution in [-0.2, 0) is 4.79 Å².